The van der Waals surface area contributed by atoms with Gasteiger partial charge in [-0.1, -0.05) is 26.7 Å². The molecule has 0 aliphatic rings. The molecule has 0 saturated carbocycles. The number of nitrogens with zero attached hydrogens (tertiary/aromatic N) is 1. The Morgan fingerprint density at radius 1 is 1.26 bits per heavy atom. The van der Waals surface area contributed by atoms with Gasteiger partial charge in [-0.25, -0.2) is 0 Å². The summed E-state index contributed by atoms with van der Waals surface area (Å²) in [5.41, 5.74) is 5.90. The third kappa shape index (κ3) is 13.1. The molecule has 0 aromatic rings. The Kier molecular flexibility index (Phi) is 12.6. The standard InChI is InChI=1S/C14H31N3S.HI/c1-11(2)8-7-9-12(3)17-13(15)16-10-14(4,5)18-6;/h11-12H,7-10H2,1-6H3,(H3,15,16,17);1H. The normalized spacial score (nSPS) is 14.2. The third-order valence-corrected chi connectivity index (χ3v) is 4.23. The zero-order chi connectivity index (χ0) is 14.2. The number of hydrogen-bond donors (Lipinski definition) is 2. The molecule has 0 fully saturated rings. The van der Waals surface area contributed by atoms with Crippen LogP contribution in [0.3, 0.4) is 0 Å². The van der Waals surface area contributed by atoms with Crippen LogP contribution in [0.25, 0.3) is 0 Å². The van der Waals surface area contributed by atoms with Crippen molar-refractivity contribution in [1.82, 2.24) is 5.32 Å². The first-order chi connectivity index (χ1) is 8.26. The van der Waals surface area contributed by atoms with Gasteiger partial charge in [0.15, 0.2) is 5.96 Å². The van der Waals surface area contributed by atoms with E-state index in [2.05, 4.69) is 51.2 Å². The number of hydrogen-bond acceptors (Lipinski definition) is 2. The van der Waals surface area contributed by atoms with Crippen LogP contribution in [0.2, 0.25) is 0 Å². The summed E-state index contributed by atoms with van der Waals surface area (Å²) in [7, 11) is 0. The zero-order valence-corrected chi connectivity index (χ0v) is 16.5. The molecule has 0 saturated heterocycles. The maximum atomic E-state index is 5.90. The van der Waals surface area contributed by atoms with E-state index >= 15 is 0 Å². The van der Waals surface area contributed by atoms with Crippen molar-refractivity contribution in [3.8, 4) is 0 Å². The summed E-state index contributed by atoms with van der Waals surface area (Å²) < 4.78 is 0.160. The summed E-state index contributed by atoms with van der Waals surface area (Å²) in [4.78, 5) is 4.41. The van der Waals surface area contributed by atoms with E-state index in [4.69, 9.17) is 5.73 Å². The molecule has 0 rings (SSSR count). The number of rotatable bonds is 8. The molecule has 3 nitrogen and oxygen atoms in total. The Balaban J connectivity index is 0. The first-order valence-electron chi connectivity index (χ1n) is 6.88. The zero-order valence-electron chi connectivity index (χ0n) is 13.3. The number of halogens is 1. The van der Waals surface area contributed by atoms with Crippen LogP contribution in [0.15, 0.2) is 4.99 Å². The summed E-state index contributed by atoms with van der Waals surface area (Å²) in [6.45, 7) is 11.8. The monoisotopic (exact) mass is 401 g/mol. The van der Waals surface area contributed by atoms with E-state index in [-0.39, 0.29) is 28.7 Å². The Morgan fingerprint density at radius 2 is 1.84 bits per heavy atom. The van der Waals surface area contributed by atoms with Crippen molar-refractivity contribution in [2.45, 2.75) is 64.7 Å². The average Bonchev–Trinajstić information content (AvgIpc) is 2.26. The van der Waals surface area contributed by atoms with Gasteiger partial charge in [0.25, 0.3) is 0 Å². The third-order valence-electron chi connectivity index (χ3n) is 3.00. The predicted molar refractivity (Wildman–Crippen MR) is 101 cm³/mol. The van der Waals surface area contributed by atoms with Gasteiger partial charge in [0, 0.05) is 10.8 Å². The fraction of sp³-hybridized carbons (Fsp3) is 0.929. The van der Waals surface area contributed by atoms with E-state index < -0.39 is 0 Å². The van der Waals surface area contributed by atoms with Crippen LogP contribution in [0.5, 0.6) is 0 Å². The number of nitrogens with two attached hydrogens (primary N) is 1. The lowest BCUT2D eigenvalue weighted by Crippen LogP contribution is -2.39. The van der Waals surface area contributed by atoms with E-state index in [0.29, 0.717) is 12.0 Å². The Hall–Kier alpha value is 0.350. The number of guanidine groups is 1. The second-order valence-electron chi connectivity index (χ2n) is 6.04. The molecule has 0 aromatic heterocycles. The molecule has 0 amide bonds. The van der Waals surface area contributed by atoms with Gasteiger partial charge in [0.2, 0.25) is 0 Å². The van der Waals surface area contributed by atoms with E-state index in [9.17, 15) is 0 Å². The molecule has 19 heavy (non-hydrogen) atoms. The Bertz CT molecular complexity index is 255. The topological polar surface area (TPSA) is 50.4 Å². The van der Waals surface area contributed by atoms with Gasteiger partial charge in [0.05, 0.1) is 6.54 Å². The fourth-order valence-electron chi connectivity index (χ4n) is 1.54. The van der Waals surface area contributed by atoms with Crippen LogP contribution in [-0.4, -0.2) is 29.5 Å². The van der Waals surface area contributed by atoms with Crippen molar-refractivity contribution in [2.24, 2.45) is 16.6 Å². The summed E-state index contributed by atoms with van der Waals surface area (Å²) in [6, 6.07) is 0.407. The van der Waals surface area contributed by atoms with Crippen molar-refractivity contribution in [3.63, 3.8) is 0 Å². The molecule has 1 unspecified atom stereocenters. The van der Waals surface area contributed by atoms with Crippen molar-refractivity contribution < 1.29 is 0 Å². The molecule has 0 aliphatic carbocycles. The molecule has 1 atom stereocenters. The van der Waals surface area contributed by atoms with E-state index in [1.165, 1.54) is 12.8 Å². The molecule has 0 bridgehead atoms. The van der Waals surface area contributed by atoms with Crippen LogP contribution < -0.4 is 11.1 Å². The Labute approximate surface area is 141 Å². The van der Waals surface area contributed by atoms with Gasteiger partial charge in [-0.05, 0) is 39.4 Å². The van der Waals surface area contributed by atoms with Crippen LogP contribution >= 0.6 is 35.7 Å². The first kappa shape index (κ1) is 21.6. The van der Waals surface area contributed by atoms with Crippen LogP contribution in [0, 0.1) is 5.92 Å². The second kappa shape index (κ2) is 11.1. The minimum Gasteiger partial charge on any atom is -0.370 e. The van der Waals surface area contributed by atoms with Gasteiger partial charge in [0.1, 0.15) is 0 Å². The average molecular weight is 401 g/mol. The van der Waals surface area contributed by atoms with Crippen molar-refractivity contribution >= 4 is 41.7 Å². The highest BCUT2D eigenvalue weighted by Gasteiger charge is 2.15. The van der Waals surface area contributed by atoms with Gasteiger partial charge >= 0.3 is 0 Å². The van der Waals surface area contributed by atoms with E-state index in [0.717, 1.165) is 18.9 Å². The van der Waals surface area contributed by atoms with Gasteiger partial charge < -0.3 is 11.1 Å². The quantitative estimate of drug-likeness (QED) is 0.369. The second-order valence-corrected chi connectivity index (χ2v) is 7.55. The van der Waals surface area contributed by atoms with Gasteiger partial charge in [-0.15, -0.1) is 24.0 Å². The number of aliphatic imine (C=N–C) groups is 1. The molecule has 5 heteroatoms. The summed E-state index contributed by atoms with van der Waals surface area (Å²) in [5.74, 6) is 1.36. The van der Waals surface area contributed by atoms with Crippen LogP contribution in [-0.2, 0) is 0 Å². The van der Waals surface area contributed by atoms with Crippen molar-refractivity contribution in [3.05, 3.63) is 0 Å². The summed E-state index contributed by atoms with van der Waals surface area (Å²) >= 11 is 1.81. The largest absolute Gasteiger partial charge is 0.370 e. The highest BCUT2D eigenvalue weighted by molar-refractivity contribution is 14.0. The fourth-order valence-corrected chi connectivity index (χ4v) is 1.74. The SMILES string of the molecule is CSC(C)(C)CN=C(N)NC(C)CCCC(C)C.I. The molecule has 0 heterocycles. The lowest BCUT2D eigenvalue weighted by atomic mass is 10.0. The summed E-state index contributed by atoms with van der Waals surface area (Å²) in [6.07, 6.45) is 5.78. The molecule has 116 valence electrons. The highest BCUT2D eigenvalue weighted by Crippen LogP contribution is 2.20. The maximum Gasteiger partial charge on any atom is 0.188 e. The Morgan fingerprint density at radius 3 is 2.32 bits per heavy atom. The van der Waals surface area contributed by atoms with E-state index in [1.807, 2.05) is 11.8 Å². The summed E-state index contributed by atoms with van der Waals surface area (Å²) in [5, 5.41) is 3.27. The molecule has 3 N–H and O–H groups in total. The smallest absolute Gasteiger partial charge is 0.188 e. The van der Waals surface area contributed by atoms with Gasteiger partial charge in [-0.3, -0.25) is 4.99 Å². The molecule has 0 aromatic carbocycles. The highest BCUT2D eigenvalue weighted by atomic mass is 127. The predicted octanol–water partition coefficient (Wildman–Crippen LogP) is 3.87. The number of nitrogens with one attached hydrogen (secondary N) is 1. The van der Waals surface area contributed by atoms with Crippen LogP contribution in [0.4, 0.5) is 0 Å². The lowest BCUT2D eigenvalue weighted by Gasteiger charge is -2.20. The molecular formula is C14H32IN3S. The minimum atomic E-state index is 0. The van der Waals surface area contributed by atoms with E-state index in [1.54, 1.807) is 0 Å². The van der Waals surface area contributed by atoms with Crippen molar-refractivity contribution in [2.75, 3.05) is 12.8 Å². The molecule has 0 spiro atoms. The molecular weight excluding hydrogens is 369 g/mol. The molecule has 0 radical (unpaired) electrons. The number of thioether (sulfide) groups is 1. The van der Waals surface area contributed by atoms with Crippen LogP contribution in [0.1, 0.15) is 53.9 Å². The maximum absolute atomic E-state index is 5.90. The molecule has 0 aliphatic heterocycles. The van der Waals surface area contributed by atoms with Gasteiger partial charge in [-0.2, -0.15) is 11.8 Å². The first-order valence-corrected chi connectivity index (χ1v) is 8.11. The lowest BCUT2D eigenvalue weighted by molar-refractivity contribution is 0.493. The minimum absolute atomic E-state index is 0. The van der Waals surface area contributed by atoms with Crippen molar-refractivity contribution in [1.29, 1.82) is 0 Å².